The maximum atomic E-state index is 5.43. The van der Waals surface area contributed by atoms with Crippen molar-refractivity contribution in [2.75, 3.05) is 63.0 Å². The smallest absolute Gasteiger partial charge is 0.170 e. The lowest BCUT2D eigenvalue weighted by Crippen LogP contribution is -2.47. The maximum Gasteiger partial charge on any atom is 0.170 e. The van der Waals surface area contributed by atoms with Crippen LogP contribution in [0.2, 0.25) is 0 Å². The Morgan fingerprint density at radius 2 is 1.06 bits per heavy atom. The molecule has 2 aromatic carbocycles. The van der Waals surface area contributed by atoms with Gasteiger partial charge in [0.25, 0.3) is 0 Å². The highest BCUT2D eigenvalue weighted by Crippen LogP contribution is 2.13. The summed E-state index contributed by atoms with van der Waals surface area (Å²) in [5.41, 5.74) is 4.52. The summed E-state index contributed by atoms with van der Waals surface area (Å²) in [6.07, 6.45) is 2.18. The van der Waals surface area contributed by atoms with Gasteiger partial charge in [0, 0.05) is 50.6 Å². The normalized spacial score (nSPS) is 14.4. The van der Waals surface area contributed by atoms with E-state index in [2.05, 4.69) is 69.2 Å². The lowest BCUT2D eigenvalue weighted by Gasteiger charge is -2.34. The number of benzene rings is 2. The maximum absolute atomic E-state index is 5.43. The predicted octanol–water partition coefficient (Wildman–Crippen LogP) is 3.97. The fourth-order valence-electron chi connectivity index (χ4n) is 4.00. The van der Waals surface area contributed by atoms with Gasteiger partial charge < -0.3 is 31.1 Å². The number of anilines is 2. The molecule has 0 atom stereocenters. The number of para-hydroxylation sites is 2. The zero-order chi connectivity index (χ0) is 24.2. The molecule has 6 nitrogen and oxygen atoms in total. The zero-order valence-electron chi connectivity index (χ0n) is 20.4. The van der Waals surface area contributed by atoms with Crippen LogP contribution >= 0.6 is 24.4 Å². The Balaban J connectivity index is 1.20. The van der Waals surface area contributed by atoms with Crippen LogP contribution in [0.5, 0.6) is 0 Å². The summed E-state index contributed by atoms with van der Waals surface area (Å²) in [5.74, 6) is 0. The number of hydrogen-bond acceptors (Lipinski definition) is 4. The summed E-state index contributed by atoms with van der Waals surface area (Å²) in [6.45, 7) is 12.7. The van der Waals surface area contributed by atoms with E-state index in [1.54, 1.807) is 0 Å². The second kappa shape index (κ2) is 14.2. The average Bonchev–Trinajstić information content (AvgIpc) is 2.83. The summed E-state index contributed by atoms with van der Waals surface area (Å²) >= 11 is 10.9. The Hall–Kier alpha value is -2.26. The molecule has 1 heterocycles. The minimum atomic E-state index is 0.696. The van der Waals surface area contributed by atoms with Gasteiger partial charge in [-0.1, -0.05) is 36.4 Å². The molecule has 0 saturated carbocycles. The third kappa shape index (κ3) is 9.18. The van der Waals surface area contributed by atoms with Gasteiger partial charge in [-0.25, -0.2) is 0 Å². The van der Waals surface area contributed by atoms with E-state index in [0.29, 0.717) is 10.2 Å². The number of thiocarbonyl (C=S) groups is 2. The molecule has 1 aliphatic rings. The molecule has 1 fully saturated rings. The molecule has 0 bridgehead atoms. The molecule has 34 heavy (non-hydrogen) atoms. The summed E-state index contributed by atoms with van der Waals surface area (Å²) < 4.78 is 0. The van der Waals surface area contributed by atoms with Gasteiger partial charge in [0.05, 0.1) is 0 Å². The first kappa shape index (κ1) is 26.3. The van der Waals surface area contributed by atoms with Gasteiger partial charge in [0.1, 0.15) is 0 Å². The standard InChI is InChI=1S/C26H38N6S2/c1-21-9-3-5-11-23(21)29-25(33)27-13-7-15-31-17-19-32(20-18-31)16-8-14-28-26(34)30-24-12-6-4-10-22(24)2/h3-6,9-12H,7-8,13-20H2,1-2H3,(H2,27,29,33)(H2,28,30,34). The van der Waals surface area contributed by atoms with Crippen LogP contribution in [0.1, 0.15) is 24.0 Å². The fourth-order valence-corrected chi connectivity index (χ4v) is 4.43. The Kier molecular flexibility index (Phi) is 11.0. The van der Waals surface area contributed by atoms with Crippen LogP contribution in [0.15, 0.2) is 48.5 Å². The van der Waals surface area contributed by atoms with Crippen molar-refractivity contribution in [3.05, 3.63) is 59.7 Å². The summed E-state index contributed by atoms with van der Waals surface area (Å²) in [6, 6.07) is 16.4. The number of nitrogens with one attached hydrogen (secondary N) is 4. The summed E-state index contributed by atoms with van der Waals surface area (Å²) in [7, 11) is 0. The second-order valence-corrected chi connectivity index (χ2v) is 9.60. The third-order valence-electron chi connectivity index (χ3n) is 6.12. The van der Waals surface area contributed by atoms with Crippen molar-refractivity contribution in [2.45, 2.75) is 26.7 Å². The van der Waals surface area contributed by atoms with Crippen LogP contribution in [0.3, 0.4) is 0 Å². The quantitative estimate of drug-likeness (QED) is 0.290. The van der Waals surface area contributed by atoms with Crippen molar-refractivity contribution in [3.63, 3.8) is 0 Å². The molecule has 0 radical (unpaired) electrons. The summed E-state index contributed by atoms with van der Waals surface area (Å²) in [5, 5.41) is 14.6. The van der Waals surface area contributed by atoms with E-state index in [4.69, 9.17) is 24.4 Å². The van der Waals surface area contributed by atoms with Crippen LogP contribution in [0.25, 0.3) is 0 Å². The van der Waals surface area contributed by atoms with E-state index >= 15 is 0 Å². The van der Waals surface area contributed by atoms with E-state index in [0.717, 1.165) is 76.6 Å². The van der Waals surface area contributed by atoms with Crippen LogP contribution in [0.4, 0.5) is 11.4 Å². The van der Waals surface area contributed by atoms with Gasteiger partial charge in [-0.3, -0.25) is 0 Å². The van der Waals surface area contributed by atoms with Gasteiger partial charge in [-0.05, 0) is 87.5 Å². The molecule has 0 unspecified atom stereocenters. The van der Waals surface area contributed by atoms with Gasteiger partial charge in [0.2, 0.25) is 0 Å². The van der Waals surface area contributed by atoms with E-state index in [1.165, 1.54) is 11.1 Å². The molecular weight excluding hydrogens is 460 g/mol. The first-order chi connectivity index (χ1) is 16.5. The van der Waals surface area contributed by atoms with Crippen LogP contribution in [0, 0.1) is 13.8 Å². The minimum absolute atomic E-state index is 0.696. The average molecular weight is 499 g/mol. The predicted molar refractivity (Wildman–Crippen MR) is 153 cm³/mol. The number of aryl methyl sites for hydroxylation is 2. The number of piperazine rings is 1. The van der Waals surface area contributed by atoms with Crippen LogP contribution in [-0.2, 0) is 0 Å². The van der Waals surface area contributed by atoms with Crippen molar-refractivity contribution in [3.8, 4) is 0 Å². The molecule has 0 spiro atoms. The summed E-state index contributed by atoms with van der Waals surface area (Å²) in [4.78, 5) is 5.10. The first-order valence-corrected chi connectivity index (χ1v) is 13.0. The molecular formula is C26H38N6S2. The molecule has 8 heteroatoms. The van der Waals surface area contributed by atoms with Gasteiger partial charge in [0.15, 0.2) is 10.2 Å². The highest BCUT2D eigenvalue weighted by atomic mass is 32.1. The Morgan fingerprint density at radius 1 is 0.676 bits per heavy atom. The van der Waals surface area contributed by atoms with Gasteiger partial charge >= 0.3 is 0 Å². The number of nitrogens with zero attached hydrogens (tertiary/aromatic N) is 2. The lowest BCUT2D eigenvalue weighted by molar-refractivity contribution is 0.131. The Labute approximate surface area is 215 Å². The molecule has 4 N–H and O–H groups in total. The third-order valence-corrected chi connectivity index (χ3v) is 6.62. The lowest BCUT2D eigenvalue weighted by atomic mass is 10.2. The van der Waals surface area contributed by atoms with Crippen LogP contribution in [-0.4, -0.2) is 72.4 Å². The van der Waals surface area contributed by atoms with Crippen molar-refractivity contribution in [1.82, 2.24) is 20.4 Å². The molecule has 1 aliphatic heterocycles. The monoisotopic (exact) mass is 498 g/mol. The molecule has 2 aromatic rings. The Morgan fingerprint density at radius 3 is 1.44 bits per heavy atom. The number of rotatable bonds is 10. The second-order valence-electron chi connectivity index (χ2n) is 8.78. The van der Waals surface area contributed by atoms with Gasteiger partial charge in [-0.2, -0.15) is 0 Å². The highest BCUT2D eigenvalue weighted by molar-refractivity contribution is 7.80. The van der Waals surface area contributed by atoms with E-state index in [9.17, 15) is 0 Å². The highest BCUT2D eigenvalue weighted by Gasteiger charge is 2.16. The minimum Gasteiger partial charge on any atom is -0.362 e. The molecule has 0 aliphatic carbocycles. The van der Waals surface area contributed by atoms with E-state index in [1.807, 2.05) is 24.3 Å². The van der Waals surface area contributed by atoms with Crippen molar-refractivity contribution in [2.24, 2.45) is 0 Å². The van der Waals surface area contributed by atoms with Crippen LogP contribution < -0.4 is 21.3 Å². The largest absolute Gasteiger partial charge is 0.362 e. The number of hydrogen-bond donors (Lipinski definition) is 4. The molecule has 1 saturated heterocycles. The Bertz CT molecular complexity index is 852. The molecule has 3 rings (SSSR count). The molecule has 184 valence electrons. The van der Waals surface area contributed by atoms with Gasteiger partial charge in [-0.15, -0.1) is 0 Å². The SMILES string of the molecule is Cc1ccccc1NC(=S)NCCCN1CCN(CCCNC(=S)Nc2ccccc2C)CC1. The van der Waals surface area contributed by atoms with E-state index in [-0.39, 0.29) is 0 Å². The zero-order valence-corrected chi connectivity index (χ0v) is 22.0. The fraction of sp³-hybridized carbons (Fsp3) is 0.462. The van der Waals surface area contributed by atoms with Crippen molar-refractivity contribution < 1.29 is 0 Å². The molecule has 0 amide bonds. The first-order valence-electron chi connectivity index (χ1n) is 12.2. The van der Waals surface area contributed by atoms with Crippen molar-refractivity contribution in [1.29, 1.82) is 0 Å². The van der Waals surface area contributed by atoms with E-state index < -0.39 is 0 Å². The topological polar surface area (TPSA) is 54.6 Å². The van der Waals surface area contributed by atoms with Crippen molar-refractivity contribution >= 4 is 46.0 Å². The molecule has 0 aromatic heterocycles.